The molecule has 3 atom stereocenters. The molecular weight excluding hydrogens is 448 g/mol. The van der Waals surface area contributed by atoms with Crippen LogP contribution in [-0.2, 0) is 30.9 Å². The lowest BCUT2D eigenvalue weighted by Gasteiger charge is -2.37. The summed E-state index contributed by atoms with van der Waals surface area (Å²) in [6, 6.07) is 10.2. The number of hydrogen-bond acceptors (Lipinski definition) is 5. The zero-order valence-corrected chi connectivity index (χ0v) is 19.1. The van der Waals surface area contributed by atoms with E-state index in [9.17, 15) is 25.6 Å². The van der Waals surface area contributed by atoms with Gasteiger partial charge in [0.2, 0.25) is 10.0 Å². The Morgan fingerprint density at radius 3 is 2.39 bits per heavy atom. The van der Waals surface area contributed by atoms with Crippen LogP contribution in [0, 0.1) is 11.6 Å². The molecule has 1 heterocycles. The quantitative estimate of drug-likeness (QED) is 0.591. The minimum absolute atomic E-state index is 0.128. The summed E-state index contributed by atoms with van der Waals surface area (Å²) >= 11 is 0. The first-order valence-electron chi connectivity index (χ1n) is 9.82. The number of nitrogens with zero attached hydrogens (tertiary/aromatic N) is 1. The Morgan fingerprint density at radius 1 is 1.13 bits per heavy atom. The summed E-state index contributed by atoms with van der Waals surface area (Å²) in [5, 5.41) is -0.750. The Kier molecular flexibility index (Phi) is 6.85. The molecule has 6 nitrogen and oxygen atoms in total. The van der Waals surface area contributed by atoms with E-state index in [0.29, 0.717) is 18.4 Å². The predicted molar refractivity (Wildman–Crippen MR) is 113 cm³/mol. The van der Waals surface area contributed by atoms with Crippen LogP contribution in [0.2, 0.25) is 0 Å². The summed E-state index contributed by atoms with van der Waals surface area (Å²) < 4.78 is 84.5. The second-order valence-corrected chi connectivity index (χ2v) is 11.5. The Bertz CT molecular complexity index is 1150. The van der Waals surface area contributed by atoms with Crippen LogP contribution < -0.4 is 0 Å². The highest BCUT2D eigenvalue weighted by Gasteiger charge is 2.40. The van der Waals surface area contributed by atoms with E-state index in [0.717, 1.165) is 18.4 Å². The monoisotopic (exact) mass is 473 g/mol. The largest absolute Gasteiger partial charge is 0.264 e. The van der Waals surface area contributed by atoms with E-state index < -0.39 is 43.1 Å². The number of sulfonamides is 1. The van der Waals surface area contributed by atoms with Gasteiger partial charge in [-0.1, -0.05) is 30.3 Å². The summed E-state index contributed by atoms with van der Waals surface area (Å²) in [6.45, 7) is 2.71. The van der Waals surface area contributed by atoms with Crippen LogP contribution in [-0.4, -0.2) is 33.4 Å². The third-order valence-electron chi connectivity index (χ3n) is 5.45. The zero-order valence-electron chi connectivity index (χ0n) is 17.5. The van der Waals surface area contributed by atoms with Crippen LogP contribution >= 0.6 is 0 Å². The zero-order chi connectivity index (χ0) is 23.0. The Morgan fingerprint density at radius 2 is 1.77 bits per heavy atom. The van der Waals surface area contributed by atoms with Crippen LogP contribution in [0.1, 0.15) is 54.7 Å². The van der Waals surface area contributed by atoms with Crippen molar-refractivity contribution in [3.63, 3.8) is 0 Å². The molecule has 1 aliphatic heterocycles. The third kappa shape index (κ3) is 5.31. The summed E-state index contributed by atoms with van der Waals surface area (Å²) in [5.74, 6) is -1.70. The second kappa shape index (κ2) is 8.93. The van der Waals surface area contributed by atoms with Crippen molar-refractivity contribution in [1.29, 1.82) is 0 Å². The van der Waals surface area contributed by atoms with Gasteiger partial charge < -0.3 is 0 Å². The molecule has 1 saturated heterocycles. The fraction of sp³-hybridized carbons (Fsp3) is 0.429. The normalized spacial score (nSPS) is 22.9. The minimum atomic E-state index is -3.87. The highest BCUT2D eigenvalue weighted by Crippen LogP contribution is 2.38. The molecule has 0 radical (unpaired) electrons. The first-order valence-corrected chi connectivity index (χ1v) is 13.1. The van der Waals surface area contributed by atoms with Gasteiger partial charge in [0.25, 0.3) is 10.1 Å². The molecule has 1 fully saturated rings. The number of rotatable bonds is 6. The van der Waals surface area contributed by atoms with E-state index in [2.05, 4.69) is 0 Å². The summed E-state index contributed by atoms with van der Waals surface area (Å²) in [6.07, 6.45) is 0.622. The maximum atomic E-state index is 14.8. The number of benzene rings is 2. The highest BCUT2D eigenvalue weighted by atomic mass is 32.2. The van der Waals surface area contributed by atoms with Crippen molar-refractivity contribution < 1.29 is 29.8 Å². The molecule has 2 aromatic carbocycles. The van der Waals surface area contributed by atoms with Gasteiger partial charge in [-0.2, -0.15) is 12.7 Å². The maximum Gasteiger partial charge on any atom is 0.264 e. The molecule has 2 aromatic rings. The van der Waals surface area contributed by atoms with Gasteiger partial charge in [0, 0.05) is 23.7 Å². The molecule has 0 saturated carbocycles. The summed E-state index contributed by atoms with van der Waals surface area (Å²) in [5.41, 5.74) is 0.272. The average molecular weight is 474 g/mol. The van der Waals surface area contributed by atoms with Gasteiger partial charge in [0.05, 0.1) is 6.26 Å². The van der Waals surface area contributed by atoms with Gasteiger partial charge in [-0.3, -0.25) is 4.18 Å². The van der Waals surface area contributed by atoms with E-state index in [-0.39, 0.29) is 23.7 Å². The van der Waals surface area contributed by atoms with Crippen LogP contribution in [0.4, 0.5) is 8.78 Å². The lowest BCUT2D eigenvalue weighted by atomic mass is 10.0. The number of halogens is 2. The molecule has 0 aromatic heterocycles. The Hall–Kier alpha value is -1.88. The smallest absolute Gasteiger partial charge is 0.262 e. The SMILES string of the molecule is CC(OS(C)(=O)=O)c1cc(F)c(CN2[C@@H](C)CC[C@H](c3ccccc3)S2(=O)=O)cc1F. The second-order valence-electron chi connectivity index (χ2n) is 7.82. The molecule has 170 valence electrons. The van der Waals surface area contributed by atoms with Crippen molar-refractivity contribution in [3.05, 3.63) is 70.8 Å². The molecule has 1 aliphatic rings. The third-order valence-corrected chi connectivity index (χ3v) is 8.45. The fourth-order valence-electron chi connectivity index (χ4n) is 3.87. The first-order chi connectivity index (χ1) is 14.4. The molecule has 0 bridgehead atoms. The van der Waals surface area contributed by atoms with E-state index in [4.69, 9.17) is 4.18 Å². The molecule has 1 unspecified atom stereocenters. The summed E-state index contributed by atoms with van der Waals surface area (Å²) in [7, 11) is -7.67. The molecular formula is C21H25F2NO5S2. The Labute approximate surface area is 182 Å². The highest BCUT2D eigenvalue weighted by molar-refractivity contribution is 7.89. The first kappa shape index (κ1) is 23.8. The van der Waals surface area contributed by atoms with Gasteiger partial charge in [-0.15, -0.1) is 0 Å². The maximum absolute atomic E-state index is 14.8. The topological polar surface area (TPSA) is 80.8 Å². The van der Waals surface area contributed by atoms with Gasteiger partial charge in [-0.05, 0) is 44.4 Å². The average Bonchev–Trinajstić information content (AvgIpc) is 2.66. The van der Waals surface area contributed by atoms with Crippen molar-refractivity contribution in [3.8, 4) is 0 Å². The predicted octanol–water partition coefficient (Wildman–Crippen LogP) is 4.06. The number of hydrogen-bond donors (Lipinski definition) is 0. The molecule has 31 heavy (non-hydrogen) atoms. The molecule has 0 amide bonds. The lowest BCUT2D eigenvalue weighted by molar-refractivity contribution is 0.230. The van der Waals surface area contributed by atoms with Crippen LogP contribution in [0.3, 0.4) is 0 Å². The van der Waals surface area contributed by atoms with Crippen molar-refractivity contribution >= 4 is 20.1 Å². The van der Waals surface area contributed by atoms with E-state index in [1.807, 2.05) is 0 Å². The van der Waals surface area contributed by atoms with Gasteiger partial charge >= 0.3 is 0 Å². The van der Waals surface area contributed by atoms with Gasteiger partial charge in [-0.25, -0.2) is 17.2 Å². The van der Waals surface area contributed by atoms with Gasteiger partial charge in [0.15, 0.2) is 0 Å². The van der Waals surface area contributed by atoms with Crippen LogP contribution in [0.25, 0.3) is 0 Å². The van der Waals surface area contributed by atoms with Crippen molar-refractivity contribution in [2.75, 3.05) is 6.26 Å². The van der Waals surface area contributed by atoms with Crippen LogP contribution in [0.5, 0.6) is 0 Å². The lowest BCUT2D eigenvalue weighted by Crippen LogP contribution is -2.44. The van der Waals surface area contributed by atoms with Crippen molar-refractivity contribution in [1.82, 2.24) is 4.31 Å². The molecule has 3 rings (SSSR count). The van der Waals surface area contributed by atoms with E-state index in [1.165, 1.54) is 11.2 Å². The van der Waals surface area contributed by atoms with Crippen molar-refractivity contribution in [2.45, 2.75) is 50.6 Å². The molecule has 0 aliphatic carbocycles. The Balaban J connectivity index is 1.91. The van der Waals surface area contributed by atoms with Crippen molar-refractivity contribution in [2.24, 2.45) is 0 Å². The molecule has 10 heteroatoms. The fourth-order valence-corrected chi connectivity index (χ4v) is 6.69. The minimum Gasteiger partial charge on any atom is -0.262 e. The molecule has 0 N–H and O–H groups in total. The van der Waals surface area contributed by atoms with Crippen LogP contribution in [0.15, 0.2) is 42.5 Å². The van der Waals surface area contributed by atoms with Gasteiger partial charge in [0.1, 0.15) is 23.0 Å². The van der Waals surface area contributed by atoms with E-state index in [1.54, 1.807) is 37.3 Å². The standard InChI is InChI=1S/C21H25F2NO5S2/c1-14-9-10-21(16-7-5-4-6-8-16)31(27,28)24(14)13-17-11-20(23)18(12-19(17)22)15(2)29-30(3,25)26/h4-8,11-12,14-15,21H,9-10,13H2,1-3H3/t14-,15?,21+/m0/s1. The van der Waals surface area contributed by atoms with E-state index >= 15 is 0 Å². The summed E-state index contributed by atoms with van der Waals surface area (Å²) in [4.78, 5) is 0. The molecule has 0 spiro atoms.